The molecule has 1 aliphatic rings. The highest BCUT2D eigenvalue weighted by Gasteiger charge is 2.36. The van der Waals surface area contributed by atoms with E-state index in [1.54, 1.807) is 0 Å². The van der Waals surface area contributed by atoms with Crippen LogP contribution in [0.2, 0.25) is 0 Å². The summed E-state index contributed by atoms with van der Waals surface area (Å²) < 4.78 is 37.9. The van der Waals surface area contributed by atoms with E-state index in [9.17, 15) is 18.0 Å². The summed E-state index contributed by atoms with van der Waals surface area (Å²) in [5, 5.41) is 4.40. The Bertz CT molecular complexity index is 454. The van der Waals surface area contributed by atoms with Gasteiger partial charge in [-0.3, -0.25) is 4.79 Å². The predicted octanol–water partition coefficient (Wildman–Crippen LogP) is 2.43. The first-order valence-corrected chi connectivity index (χ1v) is 4.52. The lowest BCUT2D eigenvalue weighted by Gasteiger charge is -2.17. The molecule has 0 fully saturated rings. The van der Waals surface area contributed by atoms with Crippen molar-refractivity contribution in [3.63, 3.8) is 0 Å². The minimum absolute atomic E-state index is 0.0339. The molecule has 0 atom stereocenters. The van der Waals surface area contributed by atoms with Gasteiger partial charge in [0.15, 0.2) is 0 Å². The van der Waals surface area contributed by atoms with Crippen LogP contribution in [-0.4, -0.2) is 12.1 Å². The largest absolute Gasteiger partial charge is 0.418 e. The summed E-state index contributed by atoms with van der Waals surface area (Å²) in [5.74, 6) is -0.461. The summed E-state index contributed by atoms with van der Waals surface area (Å²) in [6.07, 6.45) is -3.17. The van der Waals surface area contributed by atoms with E-state index >= 15 is 0 Å². The van der Waals surface area contributed by atoms with Crippen LogP contribution in [0.4, 0.5) is 18.9 Å². The third-order valence-electron chi connectivity index (χ3n) is 2.14. The SMILES string of the molecule is O=C1CC=NN1c1ccccc1C(F)(F)F. The third-order valence-corrected chi connectivity index (χ3v) is 2.14. The van der Waals surface area contributed by atoms with Gasteiger partial charge in [0.1, 0.15) is 0 Å². The molecule has 0 aromatic heterocycles. The van der Waals surface area contributed by atoms with Crippen LogP contribution in [0.3, 0.4) is 0 Å². The maximum absolute atomic E-state index is 12.6. The second kappa shape index (κ2) is 3.62. The molecule has 84 valence electrons. The first kappa shape index (κ1) is 10.7. The number of para-hydroxylation sites is 1. The number of rotatable bonds is 1. The fourth-order valence-electron chi connectivity index (χ4n) is 1.45. The Kier molecular flexibility index (Phi) is 2.41. The average Bonchev–Trinajstić information content (AvgIpc) is 2.63. The molecule has 6 heteroatoms. The van der Waals surface area contributed by atoms with Crippen molar-refractivity contribution in [3.8, 4) is 0 Å². The van der Waals surface area contributed by atoms with Crippen LogP contribution in [0, 0.1) is 0 Å². The molecule has 0 unspecified atom stereocenters. The lowest BCUT2D eigenvalue weighted by atomic mass is 10.1. The molecule has 0 N–H and O–H groups in total. The number of hydrazone groups is 1. The lowest BCUT2D eigenvalue weighted by molar-refractivity contribution is -0.137. The molecule has 0 aliphatic carbocycles. The van der Waals surface area contributed by atoms with Gasteiger partial charge in [-0.25, -0.2) is 5.01 Å². The van der Waals surface area contributed by atoms with Crippen LogP contribution >= 0.6 is 0 Å². The molecule has 1 aromatic rings. The van der Waals surface area contributed by atoms with Crippen molar-refractivity contribution in [1.82, 2.24) is 0 Å². The van der Waals surface area contributed by atoms with Crippen LogP contribution in [0.15, 0.2) is 29.4 Å². The smallest absolute Gasteiger partial charge is 0.272 e. The zero-order valence-corrected chi connectivity index (χ0v) is 8.03. The van der Waals surface area contributed by atoms with E-state index in [0.717, 1.165) is 11.1 Å². The summed E-state index contributed by atoms with van der Waals surface area (Å²) in [5.41, 5.74) is -1.09. The number of hydrogen-bond acceptors (Lipinski definition) is 2. The van der Waals surface area contributed by atoms with Gasteiger partial charge < -0.3 is 0 Å². The maximum atomic E-state index is 12.6. The second-order valence-electron chi connectivity index (χ2n) is 3.22. The molecule has 1 amide bonds. The second-order valence-corrected chi connectivity index (χ2v) is 3.22. The Morgan fingerprint density at radius 1 is 1.25 bits per heavy atom. The van der Waals surface area contributed by atoms with Gasteiger partial charge in [0.25, 0.3) is 5.91 Å². The minimum Gasteiger partial charge on any atom is -0.272 e. The van der Waals surface area contributed by atoms with Crippen molar-refractivity contribution in [2.75, 3.05) is 5.01 Å². The molecule has 1 aromatic carbocycles. The number of anilines is 1. The monoisotopic (exact) mass is 228 g/mol. The summed E-state index contributed by atoms with van der Waals surface area (Å²) in [4.78, 5) is 11.3. The zero-order valence-electron chi connectivity index (χ0n) is 8.03. The van der Waals surface area contributed by atoms with Crippen LogP contribution in [-0.2, 0) is 11.0 Å². The number of benzene rings is 1. The highest BCUT2D eigenvalue weighted by Crippen LogP contribution is 2.37. The van der Waals surface area contributed by atoms with Gasteiger partial charge in [0.2, 0.25) is 0 Å². The van der Waals surface area contributed by atoms with E-state index in [0.29, 0.717) is 0 Å². The number of amides is 1. The van der Waals surface area contributed by atoms with Gasteiger partial charge in [0.05, 0.1) is 17.7 Å². The van der Waals surface area contributed by atoms with E-state index in [1.807, 2.05) is 0 Å². The van der Waals surface area contributed by atoms with Crippen molar-refractivity contribution in [1.29, 1.82) is 0 Å². The number of hydrogen-bond donors (Lipinski definition) is 0. The van der Waals surface area contributed by atoms with Crippen molar-refractivity contribution in [2.24, 2.45) is 5.10 Å². The molecule has 0 spiro atoms. The highest BCUT2D eigenvalue weighted by atomic mass is 19.4. The van der Waals surface area contributed by atoms with E-state index < -0.39 is 17.6 Å². The Morgan fingerprint density at radius 2 is 1.94 bits per heavy atom. The number of nitrogens with zero attached hydrogens (tertiary/aromatic N) is 2. The Hall–Kier alpha value is -1.85. The fourth-order valence-corrected chi connectivity index (χ4v) is 1.45. The molecular formula is C10H7F3N2O. The van der Waals surface area contributed by atoms with Crippen LogP contribution in [0.5, 0.6) is 0 Å². The summed E-state index contributed by atoms with van der Waals surface area (Å²) >= 11 is 0. The standard InChI is InChI=1S/C10H7F3N2O/c11-10(12,13)7-3-1-2-4-8(7)15-9(16)5-6-14-15/h1-4,6H,5H2. The quantitative estimate of drug-likeness (QED) is 0.726. The van der Waals surface area contributed by atoms with Crippen LogP contribution in [0.1, 0.15) is 12.0 Å². The van der Waals surface area contributed by atoms with Gasteiger partial charge in [-0.15, -0.1) is 0 Å². The molecule has 16 heavy (non-hydrogen) atoms. The number of alkyl halides is 3. The number of carbonyl (C=O) groups is 1. The molecule has 0 saturated carbocycles. The normalized spacial score (nSPS) is 15.9. The molecule has 1 heterocycles. The fraction of sp³-hybridized carbons (Fsp3) is 0.200. The highest BCUT2D eigenvalue weighted by molar-refractivity contribution is 6.05. The van der Waals surface area contributed by atoms with E-state index in [4.69, 9.17) is 0 Å². The molecule has 0 saturated heterocycles. The van der Waals surface area contributed by atoms with Crippen molar-refractivity contribution in [2.45, 2.75) is 12.6 Å². The van der Waals surface area contributed by atoms with Crippen LogP contribution in [0.25, 0.3) is 0 Å². The topological polar surface area (TPSA) is 32.7 Å². The third kappa shape index (κ3) is 1.78. The minimum atomic E-state index is -4.49. The average molecular weight is 228 g/mol. The molecule has 0 radical (unpaired) electrons. The van der Waals surface area contributed by atoms with E-state index in [2.05, 4.69) is 5.10 Å². The Balaban J connectivity index is 2.48. The summed E-state index contributed by atoms with van der Waals surface area (Å²) in [7, 11) is 0. The van der Waals surface area contributed by atoms with Gasteiger partial charge in [-0.2, -0.15) is 18.3 Å². The number of carbonyl (C=O) groups excluding carboxylic acids is 1. The first-order valence-electron chi connectivity index (χ1n) is 4.52. The predicted molar refractivity (Wildman–Crippen MR) is 52.0 cm³/mol. The Morgan fingerprint density at radius 3 is 2.50 bits per heavy atom. The van der Waals surface area contributed by atoms with Gasteiger partial charge in [-0.05, 0) is 12.1 Å². The van der Waals surface area contributed by atoms with Crippen molar-refractivity contribution in [3.05, 3.63) is 29.8 Å². The molecular weight excluding hydrogens is 221 g/mol. The van der Waals surface area contributed by atoms with Crippen molar-refractivity contribution < 1.29 is 18.0 Å². The summed E-state index contributed by atoms with van der Waals surface area (Å²) in [6, 6.07) is 4.86. The lowest BCUT2D eigenvalue weighted by Crippen LogP contribution is -2.23. The molecule has 1 aliphatic heterocycles. The summed E-state index contributed by atoms with van der Waals surface area (Å²) in [6.45, 7) is 0. The van der Waals surface area contributed by atoms with Gasteiger partial charge >= 0.3 is 6.18 Å². The molecule has 2 rings (SSSR count). The van der Waals surface area contributed by atoms with Crippen LogP contribution < -0.4 is 5.01 Å². The first-order chi connectivity index (χ1) is 7.50. The number of halogens is 3. The maximum Gasteiger partial charge on any atom is 0.418 e. The van der Waals surface area contributed by atoms with Gasteiger partial charge in [-0.1, -0.05) is 12.1 Å². The van der Waals surface area contributed by atoms with E-state index in [-0.39, 0.29) is 12.1 Å². The zero-order chi connectivity index (χ0) is 11.8. The van der Waals surface area contributed by atoms with Gasteiger partial charge in [0, 0.05) is 6.21 Å². The van der Waals surface area contributed by atoms with Crippen molar-refractivity contribution >= 4 is 17.8 Å². The van der Waals surface area contributed by atoms with E-state index in [1.165, 1.54) is 24.4 Å². The molecule has 3 nitrogen and oxygen atoms in total. The Labute approximate surface area is 89.2 Å². The molecule has 0 bridgehead atoms.